The van der Waals surface area contributed by atoms with Crippen molar-refractivity contribution in [1.82, 2.24) is 9.99 Å². The Morgan fingerprint density at radius 2 is 1.67 bits per heavy atom. The average molecular weight is 578 g/mol. The van der Waals surface area contributed by atoms with Crippen LogP contribution in [-0.2, 0) is 6.61 Å². The monoisotopic (exact) mass is 577 g/mol. The summed E-state index contributed by atoms with van der Waals surface area (Å²) in [7, 11) is 0. The fourth-order valence-electron chi connectivity index (χ4n) is 4.58. The maximum atomic E-state index is 12.7. The number of hydrazone groups is 1. The van der Waals surface area contributed by atoms with Crippen molar-refractivity contribution in [2.45, 2.75) is 20.5 Å². The highest BCUT2D eigenvalue weighted by molar-refractivity contribution is 5.95. The van der Waals surface area contributed by atoms with Crippen LogP contribution in [0, 0.1) is 13.8 Å². The normalized spacial score (nSPS) is 12.0. The summed E-state index contributed by atoms with van der Waals surface area (Å²) in [6.45, 7) is 4.38. The number of carbonyl (C=O) groups is 2. The first-order valence-electron chi connectivity index (χ1n) is 13.5. The summed E-state index contributed by atoms with van der Waals surface area (Å²) in [6, 6.07) is 26.8. The minimum absolute atomic E-state index is 0.0761. The zero-order valence-corrected chi connectivity index (χ0v) is 23.4. The number of furan rings is 1. The Labute approximate surface area is 247 Å². The number of carbonyl (C=O) groups excluding carboxylic acids is 2. The molecule has 2 aromatic heterocycles. The van der Waals surface area contributed by atoms with Crippen LogP contribution < -0.4 is 24.4 Å². The molecule has 0 saturated carbocycles. The van der Waals surface area contributed by atoms with Gasteiger partial charge in [-0.1, -0.05) is 12.1 Å². The number of ether oxygens (including phenoxy) is 4. The predicted molar refractivity (Wildman–Crippen MR) is 157 cm³/mol. The zero-order chi connectivity index (χ0) is 29.8. The molecule has 0 bridgehead atoms. The molecule has 5 aromatic rings. The summed E-state index contributed by atoms with van der Waals surface area (Å²) in [6.07, 6.45) is 1.38. The SMILES string of the molecule is Cc1ccc(C)n1-c1ccc(OCc2ccc(C(=O)N/N=C\c3ccccc3OC(=O)c3ccc4c(c3)OCO4)o2)cc1. The Kier molecular flexibility index (Phi) is 7.64. The molecule has 0 unspecified atom stereocenters. The molecule has 43 heavy (non-hydrogen) atoms. The summed E-state index contributed by atoms with van der Waals surface area (Å²) in [5.41, 5.74) is 6.58. The van der Waals surface area contributed by atoms with E-state index in [2.05, 4.69) is 41.1 Å². The van der Waals surface area contributed by atoms with Crippen LogP contribution in [0.25, 0.3) is 5.69 Å². The highest BCUT2D eigenvalue weighted by Crippen LogP contribution is 2.33. The second-order valence-electron chi connectivity index (χ2n) is 9.69. The standard InChI is InChI=1S/C33H27N3O7/c1-21-7-8-22(2)36(21)25-10-12-26(13-11-25)39-19-27-14-16-30(42-27)32(37)35-34-18-24-5-3-4-6-28(24)43-33(38)23-9-15-29-31(17-23)41-20-40-29/h3-18H,19-20H2,1-2H3,(H,35,37)/b34-18-. The van der Waals surface area contributed by atoms with E-state index in [1.165, 1.54) is 6.21 Å². The number of amides is 1. The van der Waals surface area contributed by atoms with Crippen molar-refractivity contribution in [2.75, 3.05) is 6.79 Å². The van der Waals surface area contributed by atoms with Gasteiger partial charge in [-0.25, -0.2) is 10.2 Å². The van der Waals surface area contributed by atoms with Gasteiger partial charge >= 0.3 is 11.9 Å². The summed E-state index contributed by atoms with van der Waals surface area (Å²) in [5.74, 6) is 1.44. The second kappa shape index (κ2) is 12.0. The van der Waals surface area contributed by atoms with Gasteiger partial charge in [0.25, 0.3) is 0 Å². The van der Waals surface area contributed by atoms with E-state index in [-0.39, 0.29) is 24.9 Å². The number of fused-ring (bicyclic) bond motifs is 1. The minimum Gasteiger partial charge on any atom is -0.486 e. The maximum absolute atomic E-state index is 12.7. The quantitative estimate of drug-likeness (QED) is 0.0993. The molecule has 1 aliphatic heterocycles. The van der Waals surface area contributed by atoms with E-state index in [0.29, 0.717) is 34.1 Å². The van der Waals surface area contributed by atoms with Crippen LogP contribution in [-0.4, -0.2) is 29.5 Å². The summed E-state index contributed by atoms with van der Waals surface area (Å²) in [4.78, 5) is 25.3. The van der Waals surface area contributed by atoms with Crippen LogP contribution in [0.3, 0.4) is 0 Å². The second-order valence-corrected chi connectivity index (χ2v) is 9.69. The number of hydrogen-bond donors (Lipinski definition) is 1. The van der Waals surface area contributed by atoms with E-state index in [4.69, 9.17) is 23.4 Å². The number of rotatable bonds is 9. The lowest BCUT2D eigenvalue weighted by Crippen LogP contribution is -2.17. The Morgan fingerprint density at radius 1 is 0.907 bits per heavy atom. The largest absolute Gasteiger partial charge is 0.486 e. The van der Waals surface area contributed by atoms with Crippen molar-refractivity contribution >= 4 is 18.1 Å². The number of esters is 1. The molecule has 1 N–H and O–H groups in total. The van der Waals surface area contributed by atoms with E-state index in [0.717, 1.165) is 17.1 Å². The van der Waals surface area contributed by atoms with Gasteiger partial charge in [0, 0.05) is 22.6 Å². The van der Waals surface area contributed by atoms with Crippen LogP contribution in [0.15, 0.2) is 101 Å². The number of nitrogens with zero attached hydrogens (tertiary/aromatic N) is 2. The van der Waals surface area contributed by atoms with E-state index >= 15 is 0 Å². The van der Waals surface area contributed by atoms with Gasteiger partial charge in [0.1, 0.15) is 23.9 Å². The number of aromatic nitrogens is 1. The van der Waals surface area contributed by atoms with Crippen molar-refractivity contribution in [2.24, 2.45) is 5.10 Å². The van der Waals surface area contributed by atoms with Crippen molar-refractivity contribution in [3.8, 4) is 28.7 Å². The number of hydrogen-bond acceptors (Lipinski definition) is 8. The van der Waals surface area contributed by atoms with Crippen LogP contribution in [0.4, 0.5) is 0 Å². The summed E-state index contributed by atoms with van der Waals surface area (Å²) < 4.78 is 29.8. The fourth-order valence-corrected chi connectivity index (χ4v) is 4.58. The van der Waals surface area contributed by atoms with Gasteiger partial charge in [0.15, 0.2) is 17.3 Å². The zero-order valence-electron chi connectivity index (χ0n) is 23.4. The average Bonchev–Trinajstić information content (AvgIpc) is 3.77. The molecule has 6 rings (SSSR count). The van der Waals surface area contributed by atoms with Crippen LogP contribution in [0.2, 0.25) is 0 Å². The summed E-state index contributed by atoms with van der Waals surface area (Å²) in [5, 5.41) is 4.00. The van der Waals surface area contributed by atoms with E-state index in [1.54, 1.807) is 54.6 Å². The highest BCUT2D eigenvalue weighted by atomic mass is 16.7. The Balaban J connectivity index is 1.03. The van der Waals surface area contributed by atoms with E-state index < -0.39 is 11.9 Å². The third kappa shape index (κ3) is 6.13. The first kappa shape index (κ1) is 27.4. The van der Waals surface area contributed by atoms with Gasteiger partial charge in [-0.2, -0.15) is 5.10 Å². The molecule has 1 aliphatic rings. The third-order valence-corrected chi connectivity index (χ3v) is 6.73. The molecule has 1 amide bonds. The topological polar surface area (TPSA) is 114 Å². The maximum Gasteiger partial charge on any atom is 0.343 e. The van der Waals surface area contributed by atoms with Gasteiger partial charge in [-0.15, -0.1) is 0 Å². The smallest absolute Gasteiger partial charge is 0.343 e. The number of aryl methyl sites for hydroxylation is 2. The number of benzene rings is 3. The van der Waals surface area contributed by atoms with Gasteiger partial charge in [-0.3, -0.25) is 4.79 Å². The molecule has 216 valence electrons. The van der Waals surface area contributed by atoms with Gasteiger partial charge in [0.2, 0.25) is 6.79 Å². The van der Waals surface area contributed by atoms with Crippen molar-refractivity contribution in [3.63, 3.8) is 0 Å². The Bertz CT molecular complexity index is 1800. The molecular formula is C33H27N3O7. The molecule has 0 aliphatic carbocycles. The molecule has 3 heterocycles. The summed E-state index contributed by atoms with van der Waals surface area (Å²) >= 11 is 0. The first-order valence-corrected chi connectivity index (χ1v) is 13.5. The molecule has 0 radical (unpaired) electrons. The van der Waals surface area contributed by atoms with Gasteiger partial charge < -0.3 is 27.9 Å². The lowest BCUT2D eigenvalue weighted by Gasteiger charge is -2.10. The van der Waals surface area contributed by atoms with Crippen molar-refractivity contribution in [3.05, 3.63) is 125 Å². The Morgan fingerprint density at radius 3 is 2.49 bits per heavy atom. The molecule has 0 saturated heterocycles. The predicted octanol–water partition coefficient (Wildman–Crippen LogP) is 5.98. The molecule has 10 nitrogen and oxygen atoms in total. The lowest BCUT2D eigenvalue weighted by atomic mass is 10.2. The van der Waals surface area contributed by atoms with E-state index in [9.17, 15) is 9.59 Å². The number of nitrogens with one attached hydrogen (secondary N) is 1. The molecule has 0 fully saturated rings. The molecule has 0 atom stereocenters. The van der Waals surface area contributed by atoms with Crippen molar-refractivity contribution in [1.29, 1.82) is 0 Å². The minimum atomic E-state index is -0.574. The van der Waals surface area contributed by atoms with Gasteiger partial charge in [0.05, 0.1) is 11.8 Å². The Hall–Kier alpha value is -5.77. The first-order chi connectivity index (χ1) is 20.9. The van der Waals surface area contributed by atoms with Gasteiger partial charge in [-0.05, 0) is 92.7 Å². The lowest BCUT2D eigenvalue weighted by molar-refractivity contribution is 0.0733. The van der Waals surface area contributed by atoms with E-state index in [1.807, 2.05) is 24.3 Å². The highest BCUT2D eigenvalue weighted by Gasteiger charge is 2.18. The third-order valence-electron chi connectivity index (χ3n) is 6.73. The fraction of sp³-hybridized carbons (Fsp3) is 0.121. The molecule has 0 spiro atoms. The van der Waals surface area contributed by atoms with Crippen LogP contribution >= 0.6 is 0 Å². The molecule has 3 aromatic carbocycles. The van der Waals surface area contributed by atoms with Crippen molar-refractivity contribution < 1.29 is 33.0 Å². The molecule has 10 heteroatoms. The van der Waals surface area contributed by atoms with Crippen LogP contribution in [0.1, 0.15) is 43.6 Å². The van der Waals surface area contributed by atoms with Crippen LogP contribution in [0.5, 0.6) is 23.0 Å². The number of para-hydroxylation sites is 1. The molecular weight excluding hydrogens is 550 g/mol.